The molecule has 4 rings (SSSR count). The summed E-state index contributed by atoms with van der Waals surface area (Å²) in [6.45, 7) is 8.13. The molecule has 2 N–H and O–H groups in total. The SMILES string of the molecule is CCC(CO)(CO)C(=O)OCCCC(=O)OC1CCC2C(=CCC3C2CCC2C(C(C)CCCC(C)C)CCC23)C1. The molecule has 0 saturated heterocycles. The first kappa shape index (κ1) is 32.5. The normalized spacial score (nSPS) is 32.0. The van der Waals surface area contributed by atoms with Crippen molar-refractivity contribution in [2.75, 3.05) is 19.8 Å². The number of allylic oxidation sites excluding steroid dienone is 1. The molecule has 6 heteroatoms. The Bertz CT molecular complexity index is 883. The molecule has 0 amide bonds. The van der Waals surface area contributed by atoms with Gasteiger partial charge in [0.1, 0.15) is 11.5 Å². The Morgan fingerprint density at radius 2 is 1.66 bits per heavy atom. The zero-order chi connectivity index (χ0) is 29.6. The van der Waals surface area contributed by atoms with E-state index in [0.717, 1.165) is 60.7 Å². The summed E-state index contributed by atoms with van der Waals surface area (Å²) < 4.78 is 11.1. The highest BCUT2D eigenvalue weighted by molar-refractivity contribution is 5.77. The summed E-state index contributed by atoms with van der Waals surface area (Å²) in [4.78, 5) is 24.8. The maximum atomic E-state index is 12.6. The Morgan fingerprint density at radius 3 is 2.37 bits per heavy atom. The number of aliphatic hydroxyl groups is 2. The summed E-state index contributed by atoms with van der Waals surface area (Å²) in [6.07, 6.45) is 17.4. The number of hydrogen-bond acceptors (Lipinski definition) is 6. The summed E-state index contributed by atoms with van der Waals surface area (Å²) in [5, 5.41) is 19.0. The number of carbonyl (C=O) groups excluding carboxylic acids is 2. The van der Waals surface area contributed by atoms with Crippen molar-refractivity contribution in [2.45, 2.75) is 124 Å². The Labute approximate surface area is 249 Å². The standard InChI is InChI=1S/C35H58O6/c1-5-35(21-36,22-37)34(39)40-19-7-10-33(38)41-26-12-14-28-25(20-26)11-13-31-30(28)18-17-29-27(15-16-32(29)31)24(4)9-6-8-23(2)3/h11,23-24,26-32,36-37H,5-10,12-22H2,1-4H3. The fourth-order valence-electron chi connectivity index (χ4n) is 9.13. The van der Waals surface area contributed by atoms with Crippen molar-refractivity contribution in [3.63, 3.8) is 0 Å². The van der Waals surface area contributed by atoms with Crippen molar-refractivity contribution in [3.8, 4) is 0 Å². The number of carbonyl (C=O) groups is 2. The molecule has 8 atom stereocenters. The van der Waals surface area contributed by atoms with Gasteiger partial charge in [0.05, 0.1) is 19.8 Å². The van der Waals surface area contributed by atoms with Gasteiger partial charge in [-0.15, -0.1) is 0 Å². The van der Waals surface area contributed by atoms with E-state index in [1.165, 1.54) is 51.4 Å². The largest absolute Gasteiger partial charge is 0.465 e. The van der Waals surface area contributed by atoms with Crippen molar-refractivity contribution in [3.05, 3.63) is 11.6 Å². The van der Waals surface area contributed by atoms with Crippen LogP contribution >= 0.6 is 0 Å². The minimum Gasteiger partial charge on any atom is -0.465 e. The van der Waals surface area contributed by atoms with Crippen LogP contribution in [0, 0.1) is 52.8 Å². The van der Waals surface area contributed by atoms with Crippen LogP contribution in [0.4, 0.5) is 0 Å². The highest BCUT2D eigenvalue weighted by Gasteiger charge is 2.50. The molecule has 4 aliphatic carbocycles. The number of aliphatic hydroxyl groups excluding tert-OH is 2. The quantitative estimate of drug-likeness (QED) is 0.134. The van der Waals surface area contributed by atoms with E-state index in [0.29, 0.717) is 18.8 Å². The lowest BCUT2D eigenvalue weighted by molar-refractivity contribution is -0.163. The monoisotopic (exact) mass is 574 g/mol. The van der Waals surface area contributed by atoms with Gasteiger partial charge in [-0.3, -0.25) is 9.59 Å². The second-order valence-corrected chi connectivity index (χ2v) is 14.5. The van der Waals surface area contributed by atoms with Crippen molar-refractivity contribution in [1.82, 2.24) is 0 Å². The van der Waals surface area contributed by atoms with E-state index in [4.69, 9.17) is 9.47 Å². The van der Waals surface area contributed by atoms with E-state index in [2.05, 4.69) is 26.8 Å². The first-order valence-corrected chi connectivity index (χ1v) is 17.0. The van der Waals surface area contributed by atoms with E-state index in [-0.39, 0.29) is 25.1 Å². The lowest BCUT2D eigenvalue weighted by Gasteiger charge is -2.50. The number of esters is 2. The molecule has 4 aliphatic rings. The van der Waals surface area contributed by atoms with Crippen LogP contribution in [0.2, 0.25) is 0 Å². The molecule has 6 nitrogen and oxygen atoms in total. The first-order chi connectivity index (χ1) is 19.7. The van der Waals surface area contributed by atoms with Gasteiger partial charge >= 0.3 is 11.9 Å². The van der Waals surface area contributed by atoms with Crippen molar-refractivity contribution >= 4 is 11.9 Å². The van der Waals surface area contributed by atoms with Crippen LogP contribution < -0.4 is 0 Å². The van der Waals surface area contributed by atoms with Crippen LogP contribution in [0.25, 0.3) is 0 Å². The fourth-order valence-corrected chi connectivity index (χ4v) is 9.13. The van der Waals surface area contributed by atoms with Gasteiger partial charge in [0.25, 0.3) is 0 Å². The third kappa shape index (κ3) is 7.58. The van der Waals surface area contributed by atoms with Gasteiger partial charge in [-0.25, -0.2) is 0 Å². The van der Waals surface area contributed by atoms with Crippen LogP contribution in [0.3, 0.4) is 0 Å². The molecule has 8 unspecified atom stereocenters. The second-order valence-electron chi connectivity index (χ2n) is 14.5. The lowest BCUT2D eigenvalue weighted by atomic mass is 9.56. The van der Waals surface area contributed by atoms with Crippen LogP contribution in [-0.4, -0.2) is 48.1 Å². The van der Waals surface area contributed by atoms with Gasteiger partial charge in [-0.05, 0) is 105 Å². The zero-order valence-electron chi connectivity index (χ0n) is 26.3. The van der Waals surface area contributed by atoms with E-state index in [9.17, 15) is 19.8 Å². The van der Waals surface area contributed by atoms with Crippen molar-refractivity contribution in [1.29, 1.82) is 0 Å². The Morgan fingerprint density at radius 1 is 0.927 bits per heavy atom. The second kappa shape index (κ2) is 14.9. The molecule has 0 heterocycles. The summed E-state index contributed by atoms with van der Waals surface area (Å²) in [6, 6.07) is 0. The molecule has 0 radical (unpaired) electrons. The molecule has 0 aliphatic heterocycles. The Hall–Kier alpha value is -1.40. The zero-order valence-corrected chi connectivity index (χ0v) is 26.3. The molecule has 0 bridgehead atoms. The van der Waals surface area contributed by atoms with Crippen molar-refractivity contribution in [2.24, 2.45) is 52.8 Å². The minimum absolute atomic E-state index is 0.0421. The number of hydrogen-bond donors (Lipinski definition) is 2. The minimum atomic E-state index is -1.27. The summed E-state index contributed by atoms with van der Waals surface area (Å²) in [7, 11) is 0. The summed E-state index contributed by atoms with van der Waals surface area (Å²) in [5.41, 5.74) is 0.277. The fraction of sp³-hybridized carbons (Fsp3) is 0.886. The Balaban J connectivity index is 1.21. The predicted octanol–water partition coefficient (Wildman–Crippen LogP) is 6.86. The van der Waals surface area contributed by atoms with E-state index in [1.54, 1.807) is 12.5 Å². The smallest absolute Gasteiger partial charge is 0.316 e. The molecule has 0 aromatic heterocycles. The van der Waals surface area contributed by atoms with E-state index < -0.39 is 24.6 Å². The molecular weight excluding hydrogens is 516 g/mol. The van der Waals surface area contributed by atoms with Crippen LogP contribution in [-0.2, 0) is 19.1 Å². The molecular formula is C35H58O6. The average molecular weight is 575 g/mol. The Kier molecular flexibility index (Phi) is 11.8. The summed E-state index contributed by atoms with van der Waals surface area (Å²) in [5.74, 6) is 6.03. The predicted molar refractivity (Wildman–Crippen MR) is 161 cm³/mol. The van der Waals surface area contributed by atoms with Crippen LogP contribution in [0.5, 0.6) is 0 Å². The summed E-state index contributed by atoms with van der Waals surface area (Å²) >= 11 is 0. The van der Waals surface area contributed by atoms with Gasteiger partial charge in [0.15, 0.2) is 0 Å². The number of rotatable bonds is 14. The lowest BCUT2D eigenvalue weighted by Crippen LogP contribution is -2.42. The third-order valence-corrected chi connectivity index (χ3v) is 11.7. The molecule has 41 heavy (non-hydrogen) atoms. The molecule has 0 aromatic carbocycles. The molecule has 3 saturated carbocycles. The van der Waals surface area contributed by atoms with Crippen molar-refractivity contribution < 1.29 is 29.3 Å². The maximum absolute atomic E-state index is 12.6. The topological polar surface area (TPSA) is 93.1 Å². The van der Waals surface area contributed by atoms with E-state index in [1.807, 2.05) is 0 Å². The van der Waals surface area contributed by atoms with E-state index >= 15 is 0 Å². The molecule has 3 fully saturated rings. The molecule has 234 valence electrons. The van der Waals surface area contributed by atoms with Gasteiger partial charge in [0.2, 0.25) is 0 Å². The number of fused-ring (bicyclic) bond motifs is 5. The van der Waals surface area contributed by atoms with Gasteiger partial charge < -0.3 is 19.7 Å². The highest BCUT2D eigenvalue weighted by atomic mass is 16.5. The van der Waals surface area contributed by atoms with Gasteiger partial charge in [0, 0.05) is 12.8 Å². The average Bonchev–Trinajstić information content (AvgIpc) is 3.41. The first-order valence-electron chi connectivity index (χ1n) is 17.0. The molecule has 0 spiro atoms. The van der Waals surface area contributed by atoms with Gasteiger partial charge in [-0.2, -0.15) is 0 Å². The third-order valence-electron chi connectivity index (χ3n) is 11.7. The molecule has 0 aromatic rings. The van der Waals surface area contributed by atoms with Gasteiger partial charge in [-0.1, -0.05) is 58.6 Å². The highest BCUT2D eigenvalue weighted by Crippen LogP contribution is 2.59. The van der Waals surface area contributed by atoms with Crippen LogP contribution in [0.15, 0.2) is 11.6 Å². The maximum Gasteiger partial charge on any atom is 0.316 e. The number of ether oxygens (including phenoxy) is 2. The van der Waals surface area contributed by atoms with Crippen LogP contribution in [0.1, 0.15) is 118 Å².